The number of hydrogen-bond donors (Lipinski definition) is 2. The van der Waals surface area contributed by atoms with Crippen molar-refractivity contribution in [2.24, 2.45) is 0 Å². The first-order valence-corrected chi connectivity index (χ1v) is 7.23. The highest BCUT2D eigenvalue weighted by molar-refractivity contribution is 5.94. The summed E-state index contributed by atoms with van der Waals surface area (Å²) >= 11 is 0. The van der Waals surface area contributed by atoms with Gasteiger partial charge in [-0.1, -0.05) is 23.8 Å². The SMILES string of the molecule is Cc1ccc(NC(=O)CNc2cccc([N+](=O)[O-])c2C)c(C)c1. The molecule has 6 heteroatoms. The average Bonchev–Trinajstić information content (AvgIpc) is 2.49. The highest BCUT2D eigenvalue weighted by atomic mass is 16.6. The standard InChI is InChI=1S/C17H19N3O3/c1-11-7-8-14(12(2)9-11)19-17(21)10-18-15-5-4-6-16(13(15)3)20(22)23/h4-9,18H,10H2,1-3H3,(H,19,21). The molecular formula is C17H19N3O3. The van der Waals surface area contributed by atoms with Gasteiger partial charge in [0.05, 0.1) is 11.5 Å². The molecule has 0 atom stereocenters. The monoisotopic (exact) mass is 313 g/mol. The van der Waals surface area contributed by atoms with Crippen LogP contribution in [0.15, 0.2) is 36.4 Å². The molecule has 0 spiro atoms. The number of aryl methyl sites for hydroxylation is 2. The van der Waals surface area contributed by atoms with E-state index in [2.05, 4.69) is 10.6 Å². The number of anilines is 2. The number of carbonyl (C=O) groups is 1. The molecule has 2 rings (SSSR count). The van der Waals surface area contributed by atoms with Crippen molar-refractivity contribution in [2.45, 2.75) is 20.8 Å². The molecule has 0 aliphatic heterocycles. The molecule has 0 fully saturated rings. The molecule has 0 aliphatic carbocycles. The summed E-state index contributed by atoms with van der Waals surface area (Å²) in [5.41, 5.74) is 4.01. The molecule has 0 saturated carbocycles. The quantitative estimate of drug-likeness (QED) is 0.653. The second-order valence-corrected chi connectivity index (χ2v) is 5.43. The minimum absolute atomic E-state index is 0.0322. The Hall–Kier alpha value is -2.89. The van der Waals surface area contributed by atoms with Crippen LogP contribution in [0.2, 0.25) is 0 Å². The average molecular weight is 313 g/mol. The fraction of sp³-hybridized carbons (Fsp3) is 0.235. The maximum atomic E-state index is 12.0. The zero-order valence-electron chi connectivity index (χ0n) is 13.3. The molecule has 0 aliphatic rings. The predicted molar refractivity (Wildman–Crippen MR) is 90.9 cm³/mol. The Morgan fingerprint density at radius 2 is 1.87 bits per heavy atom. The third-order valence-electron chi connectivity index (χ3n) is 3.60. The van der Waals surface area contributed by atoms with E-state index in [1.807, 2.05) is 32.0 Å². The number of amides is 1. The summed E-state index contributed by atoms with van der Waals surface area (Å²) in [6.07, 6.45) is 0. The predicted octanol–water partition coefficient (Wildman–Crippen LogP) is 3.57. The first kappa shape index (κ1) is 16.5. The van der Waals surface area contributed by atoms with Crippen LogP contribution in [-0.4, -0.2) is 17.4 Å². The lowest BCUT2D eigenvalue weighted by Gasteiger charge is -2.12. The minimum atomic E-state index is -0.434. The van der Waals surface area contributed by atoms with Crippen molar-refractivity contribution in [3.8, 4) is 0 Å². The van der Waals surface area contributed by atoms with Crippen molar-refractivity contribution in [3.63, 3.8) is 0 Å². The van der Waals surface area contributed by atoms with Gasteiger partial charge in [0, 0.05) is 23.0 Å². The van der Waals surface area contributed by atoms with E-state index in [4.69, 9.17) is 0 Å². The van der Waals surface area contributed by atoms with Crippen molar-refractivity contribution in [1.82, 2.24) is 0 Å². The smallest absolute Gasteiger partial charge is 0.274 e. The first-order chi connectivity index (χ1) is 10.9. The van der Waals surface area contributed by atoms with E-state index >= 15 is 0 Å². The van der Waals surface area contributed by atoms with Gasteiger partial charge in [-0.05, 0) is 38.5 Å². The molecule has 23 heavy (non-hydrogen) atoms. The molecule has 6 nitrogen and oxygen atoms in total. The molecule has 0 unspecified atom stereocenters. The summed E-state index contributed by atoms with van der Waals surface area (Å²) in [5, 5.41) is 16.7. The van der Waals surface area contributed by atoms with Gasteiger partial charge in [-0.3, -0.25) is 14.9 Å². The third kappa shape index (κ3) is 4.06. The normalized spacial score (nSPS) is 10.2. The Labute approximate surface area is 134 Å². The Morgan fingerprint density at radius 1 is 1.13 bits per heavy atom. The zero-order chi connectivity index (χ0) is 17.0. The summed E-state index contributed by atoms with van der Waals surface area (Å²) in [5.74, 6) is -0.206. The van der Waals surface area contributed by atoms with Gasteiger partial charge in [0.2, 0.25) is 5.91 Å². The van der Waals surface area contributed by atoms with Crippen LogP contribution in [0.3, 0.4) is 0 Å². The number of rotatable bonds is 5. The molecule has 0 saturated heterocycles. The van der Waals surface area contributed by atoms with E-state index in [0.717, 1.165) is 16.8 Å². The van der Waals surface area contributed by atoms with Crippen LogP contribution in [0.25, 0.3) is 0 Å². The van der Waals surface area contributed by atoms with E-state index in [0.29, 0.717) is 11.3 Å². The molecule has 0 heterocycles. The van der Waals surface area contributed by atoms with Crippen molar-refractivity contribution in [3.05, 3.63) is 63.2 Å². The molecule has 2 aromatic rings. The molecule has 1 amide bonds. The van der Waals surface area contributed by atoms with E-state index in [-0.39, 0.29) is 18.1 Å². The van der Waals surface area contributed by atoms with Crippen LogP contribution in [0.5, 0.6) is 0 Å². The van der Waals surface area contributed by atoms with E-state index in [1.165, 1.54) is 6.07 Å². The van der Waals surface area contributed by atoms with Crippen molar-refractivity contribution in [2.75, 3.05) is 17.2 Å². The fourth-order valence-electron chi connectivity index (χ4n) is 2.34. The van der Waals surface area contributed by atoms with Gasteiger partial charge >= 0.3 is 0 Å². The van der Waals surface area contributed by atoms with Crippen molar-refractivity contribution in [1.29, 1.82) is 0 Å². The molecular weight excluding hydrogens is 294 g/mol. The van der Waals surface area contributed by atoms with Crippen LogP contribution in [-0.2, 0) is 4.79 Å². The van der Waals surface area contributed by atoms with Crippen LogP contribution in [0.1, 0.15) is 16.7 Å². The fourth-order valence-corrected chi connectivity index (χ4v) is 2.34. The Bertz CT molecular complexity index is 757. The van der Waals surface area contributed by atoms with Crippen LogP contribution < -0.4 is 10.6 Å². The number of nitro groups is 1. The number of hydrogen-bond acceptors (Lipinski definition) is 4. The highest BCUT2D eigenvalue weighted by Crippen LogP contribution is 2.24. The van der Waals surface area contributed by atoms with Gasteiger partial charge in [0.25, 0.3) is 5.69 Å². The van der Waals surface area contributed by atoms with Gasteiger partial charge in [-0.2, -0.15) is 0 Å². The summed E-state index contributed by atoms with van der Waals surface area (Å²) in [4.78, 5) is 22.5. The molecule has 2 aromatic carbocycles. The van der Waals surface area contributed by atoms with Gasteiger partial charge in [-0.15, -0.1) is 0 Å². The lowest BCUT2D eigenvalue weighted by molar-refractivity contribution is -0.385. The third-order valence-corrected chi connectivity index (χ3v) is 3.60. The van der Waals surface area contributed by atoms with Gasteiger partial charge < -0.3 is 10.6 Å². The maximum absolute atomic E-state index is 12.0. The Morgan fingerprint density at radius 3 is 2.52 bits per heavy atom. The Balaban J connectivity index is 2.02. The van der Waals surface area contributed by atoms with Gasteiger partial charge in [-0.25, -0.2) is 0 Å². The Kier molecular flexibility index (Phi) is 4.95. The largest absolute Gasteiger partial charge is 0.376 e. The second kappa shape index (κ2) is 6.91. The van der Waals surface area contributed by atoms with Crippen LogP contribution in [0.4, 0.5) is 17.1 Å². The number of nitrogens with one attached hydrogen (secondary N) is 2. The number of benzene rings is 2. The highest BCUT2D eigenvalue weighted by Gasteiger charge is 2.13. The van der Waals surface area contributed by atoms with Crippen LogP contribution >= 0.6 is 0 Å². The number of nitrogens with zero attached hydrogens (tertiary/aromatic N) is 1. The van der Waals surface area contributed by atoms with Crippen molar-refractivity contribution >= 4 is 23.0 Å². The van der Waals surface area contributed by atoms with Gasteiger partial charge in [0.1, 0.15) is 0 Å². The van der Waals surface area contributed by atoms with E-state index < -0.39 is 4.92 Å². The van der Waals surface area contributed by atoms with E-state index in [1.54, 1.807) is 19.1 Å². The number of nitro benzene ring substituents is 1. The van der Waals surface area contributed by atoms with Gasteiger partial charge in [0.15, 0.2) is 0 Å². The second-order valence-electron chi connectivity index (χ2n) is 5.43. The van der Waals surface area contributed by atoms with E-state index in [9.17, 15) is 14.9 Å². The maximum Gasteiger partial charge on any atom is 0.274 e. The molecule has 0 bridgehead atoms. The minimum Gasteiger partial charge on any atom is -0.376 e. The van der Waals surface area contributed by atoms with Crippen LogP contribution in [0, 0.1) is 30.9 Å². The molecule has 0 radical (unpaired) electrons. The summed E-state index contributed by atoms with van der Waals surface area (Å²) in [6, 6.07) is 10.5. The number of carbonyl (C=O) groups excluding carboxylic acids is 1. The summed E-state index contributed by atoms with van der Waals surface area (Å²) in [7, 11) is 0. The lowest BCUT2D eigenvalue weighted by Crippen LogP contribution is -2.22. The summed E-state index contributed by atoms with van der Waals surface area (Å²) in [6.45, 7) is 5.61. The molecule has 0 aromatic heterocycles. The van der Waals surface area contributed by atoms with Crippen molar-refractivity contribution < 1.29 is 9.72 Å². The lowest BCUT2D eigenvalue weighted by atomic mass is 10.1. The first-order valence-electron chi connectivity index (χ1n) is 7.23. The molecule has 120 valence electrons. The summed E-state index contributed by atoms with van der Waals surface area (Å²) < 4.78 is 0. The zero-order valence-corrected chi connectivity index (χ0v) is 13.3. The molecule has 2 N–H and O–H groups in total. The topological polar surface area (TPSA) is 84.3 Å².